The van der Waals surface area contributed by atoms with E-state index in [2.05, 4.69) is 28.2 Å². The maximum atomic E-state index is 11.8. The van der Waals surface area contributed by atoms with Crippen molar-refractivity contribution in [2.45, 2.75) is 39.2 Å². The molecule has 1 amide bonds. The van der Waals surface area contributed by atoms with Gasteiger partial charge < -0.3 is 15.0 Å². The number of hydrogen-bond acceptors (Lipinski definition) is 3. The van der Waals surface area contributed by atoms with Gasteiger partial charge in [0.25, 0.3) is 0 Å². The van der Waals surface area contributed by atoms with Crippen LogP contribution in [0.3, 0.4) is 0 Å². The summed E-state index contributed by atoms with van der Waals surface area (Å²) in [5, 5.41) is 4.90. The number of halogens is 1. The summed E-state index contributed by atoms with van der Waals surface area (Å²) in [6.07, 6.45) is 3.92. The molecule has 1 saturated heterocycles. The number of aryl methyl sites for hydroxylation is 1. The van der Waals surface area contributed by atoms with E-state index in [1.54, 1.807) is 7.11 Å². The fourth-order valence-electron chi connectivity index (χ4n) is 3.90. The lowest BCUT2D eigenvalue weighted by molar-refractivity contribution is -0.121. The lowest BCUT2D eigenvalue weighted by Crippen LogP contribution is -2.34. The molecule has 2 heterocycles. The summed E-state index contributed by atoms with van der Waals surface area (Å²) in [5.74, 6) is 0.785. The monoisotopic (exact) mass is 391 g/mol. The van der Waals surface area contributed by atoms with Crippen molar-refractivity contribution >= 4 is 28.4 Å². The Kier molecular flexibility index (Phi) is 7.16. The number of H-pyrrole nitrogens is 1. The van der Waals surface area contributed by atoms with Gasteiger partial charge in [0.05, 0.1) is 17.1 Å². The van der Waals surface area contributed by atoms with E-state index in [0.717, 1.165) is 49.4 Å². The van der Waals surface area contributed by atoms with E-state index in [-0.39, 0.29) is 5.91 Å². The highest BCUT2D eigenvalue weighted by Gasteiger charge is 2.21. The Labute approximate surface area is 166 Å². The molecular weight excluding hydrogens is 362 g/mol. The SMILES string of the molecule is COCCNC(=O)CCC1CCN(Cc2[nH]c3c(Cl)cccc3c2C)CC1. The molecule has 1 aliphatic heterocycles. The van der Waals surface area contributed by atoms with Gasteiger partial charge in [0, 0.05) is 37.7 Å². The Balaban J connectivity index is 1.45. The Morgan fingerprint density at radius 3 is 2.85 bits per heavy atom. The number of hydrogen-bond donors (Lipinski definition) is 2. The van der Waals surface area contributed by atoms with Gasteiger partial charge in [-0.1, -0.05) is 23.7 Å². The molecule has 3 rings (SSSR count). The molecule has 1 aliphatic rings. The first-order valence-electron chi connectivity index (χ1n) is 9.82. The number of nitrogens with one attached hydrogen (secondary N) is 2. The van der Waals surface area contributed by atoms with Gasteiger partial charge in [0.1, 0.15) is 0 Å². The van der Waals surface area contributed by atoms with Crippen LogP contribution in [-0.2, 0) is 16.1 Å². The molecule has 0 saturated carbocycles. The fourth-order valence-corrected chi connectivity index (χ4v) is 4.12. The van der Waals surface area contributed by atoms with Gasteiger partial charge in [-0.3, -0.25) is 9.69 Å². The zero-order chi connectivity index (χ0) is 19.2. The van der Waals surface area contributed by atoms with E-state index in [4.69, 9.17) is 16.3 Å². The van der Waals surface area contributed by atoms with Crippen LogP contribution < -0.4 is 5.32 Å². The van der Waals surface area contributed by atoms with E-state index in [9.17, 15) is 4.79 Å². The van der Waals surface area contributed by atoms with Crippen LogP contribution in [0.2, 0.25) is 5.02 Å². The predicted octanol–water partition coefficient (Wildman–Crippen LogP) is 3.88. The fraction of sp³-hybridized carbons (Fsp3) is 0.571. The molecule has 148 valence electrons. The average molecular weight is 392 g/mol. The molecule has 27 heavy (non-hydrogen) atoms. The van der Waals surface area contributed by atoms with E-state index in [1.165, 1.54) is 16.6 Å². The van der Waals surface area contributed by atoms with Crippen molar-refractivity contribution in [2.24, 2.45) is 5.92 Å². The van der Waals surface area contributed by atoms with E-state index in [1.807, 2.05) is 12.1 Å². The highest BCUT2D eigenvalue weighted by molar-refractivity contribution is 6.35. The third-order valence-corrected chi connectivity index (χ3v) is 5.96. The van der Waals surface area contributed by atoms with Gasteiger partial charge in [-0.25, -0.2) is 0 Å². The highest BCUT2D eigenvalue weighted by atomic mass is 35.5. The third-order valence-electron chi connectivity index (χ3n) is 5.64. The van der Waals surface area contributed by atoms with Crippen LogP contribution in [0, 0.1) is 12.8 Å². The van der Waals surface area contributed by atoms with Crippen LogP contribution in [-0.4, -0.2) is 49.1 Å². The minimum absolute atomic E-state index is 0.139. The summed E-state index contributed by atoms with van der Waals surface area (Å²) in [6.45, 7) is 6.43. The van der Waals surface area contributed by atoms with Gasteiger partial charge >= 0.3 is 0 Å². The summed E-state index contributed by atoms with van der Waals surface area (Å²) in [5.41, 5.74) is 3.59. The zero-order valence-corrected chi connectivity index (χ0v) is 17.1. The number of likely N-dealkylation sites (tertiary alicyclic amines) is 1. The molecule has 0 radical (unpaired) electrons. The van der Waals surface area contributed by atoms with Crippen LogP contribution in [0.15, 0.2) is 18.2 Å². The largest absolute Gasteiger partial charge is 0.383 e. The number of rotatable bonds is 8. The van der Waals surface area contributed by atoms with Crippen LogP contribution >= 0.6 is 11.6 Å². The lowest BCUT2D eigenvalue weighted by Gasteiger charge is -2.31. The number of ether oxygens (including phenoxy) is 1. The van der Waals surface area contributed by atoms with Crippen LogP contribution in [0.4, 0.5) is 0 Å². The molecular formula is C21H30ClN3O2. The van der Waals surface area contributed by atoms with E-state index >= 15 is 0 Å². The number of aromatic amines is 1. The Morgan fingerprint density at radius 2 is 2.15 bits per heavy atom. The number of piperidine rings is 1. The minimum atomic E-state index is 0.139. The molecule has 1 fully saturated rings. The topological polar surface area (TPSA) is 57.4 Å². The number of fused-ring (bicyclic) bond motifs is 1. The second kappa shape index (κ2) is 9.58. The van der Waals surface area contributed by atoms with Crippen LogP contribution in [0.25, 0.3) is 10.9 Å². The molecule has 0 bridgehead atoms. The zero-order valence-electron chi connectivity index (χ0n) is 16.3. The third kappa shape index (κ3) is 5.24. The predicted molar refractivity (Wildman–Crippen MR) is 110 cm³/mol. The molecule has 1 aromatic heterocycles. The van der Waals surface area contributed by atoms with Crippen molar-refractivity contribution in [2.75, 3.05) is 33.4 Å². The highest BCUT2D eigenvalue weighted by Crippen LogP contribution is 2.29. The maximum Gasteiger partial charge on any atom is 0.220 e. The van der Waals surface area contributed by atoms with Crippen molar-refractivity contribution in [1.29, 1.82) is 0 Å². The quantitative estimate of drug-likeness (QED) is 0.671. The second-order valence-corrected chi connectivity index (χ2v) is 7.90. The van der Waals surface area contributed by atoms with Crippen molar-refractivity contribution in [3.05, 3.63) is 34.5 Å². The summed E-state index contributed by atoms with van der Waals surface area (Å²) < 4.78 is 4.95. The summed E-state index contributed by atoms with van der Waals surface area (Å²) >= 11 is 6.32. The molecule has 2 aromatic rings. The number of amides is 1. The average Bonchev–Trinajstić information content (AvgIpc) is 2.99. The molecule has 0 aliphatic carbocycles. The number of aromatic nitrogens is 1. The van der Waals surface area contributed by atoms with Crippen molar-refractivity contribution in [3.8, 4) is 0 Å². The standard InChI is InChI=1S/C21H30ClN3O2/c1-15-17-4-3-5-18(22)21(17)24-19(15)14-25-11-8-16(9-12-25)6-7-20(26)23-10-13-27-2/h3-5,16,24H,6-14H2,1-2H3,(H,23,26). The van der Waals surface area contributed by atoms with Gasteiger partial charge in [-0.2, -0.15) is 0 Å². The van der Waals surface area contributed by atoms with E-state index in [0.29, 0.717) is 25.5 Å². The molecule has 0 atom stereocenters. The van der Waals surface area contributed by atoms with Gasteiger partial charge in [0.2, 0.25) is 5.91 Å². The first-order valence-corrected chi connectivity index (χ1v) is 10.2. The van der Waals surface area contributed by atoms with Crippen molar-refractivity contribution in [1.82, 2.24) is 15.2 Å². The maximum absolute atomic E-state index is 11.8. The number of methoxy groups -OCH3 is 1. The number of benzene rings is 1. The molecule has 0 spiro atoms. The molecule has 2 N–H and O–H groups in total. The smallest absolute Gasteiger partial charge is 0.220 e. The summed E-state index contributed by atoms with van der Waals surface area (Å²) in [7, 11) is 1.64. The molecule has 6 heteroatoms. The second-order valence-electron chi connectivity index (χ2n) is 7.49. The van der Waals surface area contributed by atoms with Crippen molar-refractivity contribution in [3.63, 3.8) is 0 Å². The van der Waals surface area contributed by atoms with E-state index < -0.39 is 0 Å². The van der Waals surface area contributed by atoms with Gasteiger partial charge in [0.15, 0.2) is 0 Å². The number of carbonyl (C=O) groups is 1. The van der Waals surface area contributed by atoms with Gasteiger partial charge in [-0.15, -0.1) is 0 Å². The number of para-hydroxylation sites is 1. The Hall–Kier alpha value is -1.56. The van der Waals surface area contributed by atoms with Crippen LogP contribution in [0.1, 0.15) is 36.9 Å². The Morgan fingerprint density at radius 1 is 1.37 bits per heavy atom. The van der Waals surface area contributed by atoms with Crippen molar-refractivity contribution < 1.29 is 9.53 Å². The van der Waals surface area contributed by atoms with Gasteiger partial charge in [-0.05, 0) is 56.8 Å². The summed E-state index contributed by atoms with van der Waals surface area (Å²) in [6, 6.07) is 6.06. The Bertz CT molecular complexity index is 766. The first kappa shape index (κ1) is 20.2. The number of nitrogens with zero attached hydrogens (tertiary/aromatic N) is 1. The molecule has 5 nitrogen and oxygen atoms in total. The number of carbonyl (C=O) groups excluding carboxylic acids is 1. The first-order chi connectivity index (χ1) is 13.1. The summed E-state index contributed by atoms with van der Waals surface area (Å²) in [4.78, 5) is 17.8. The molecule has 0 unspecified atom stereocenters. The van der Waals surface area contributed by atoms with Crippen LogP contribution in [0.5, 0.6) is 0 Å². The minimum Gasteiger partial charge on any atom is -0.383 e. The lowest BCUT2D eigenvalue weighted by atomic mass is 9.92. The molecule has 1 aromatic carbocycles. The normalized spacial score (nSPS) is 16.1.